The monoisotopic (exact) mass is 197 g/mol. The van der Waals surface area contributed by atoms with Gasteiger partial charge in [0.25, 0.3) is 0 Å². The average molecular weight is 197 g/mol. The number of hydrogen-bond donors (Lipinski definition) is 0. The number of thiophene rings is 1. The summed E-state index contributed by atoms with van der Waals surface area (Å²) in [5.74, 6) is -0.0438. The van der Waals surface area contributed by atoms with E-state index >= 15 is 0 Å². The first-order chi connectivity index (χ1) is 6.22. The molecule has 0 saturated carbocycles. The van der Waals surface area contributed by atoms with Crippen molar-refractivity contribution in [3.63, 3.8) is 0 Å². The van der Waals surface area contributed by atoms with Gasteiger partial charge in [0.15, 0.2) is 0 Å². The van der Waals surface area contributed by atoms with Gasteiger partial charge in [0, 0.05) is 6.07 Å². The van der Waals surface area contributed by atoms with E-state index in [-0.39, 0.29) is 0 Å². The van der Waals surface area contributed by atoms with Gasteiger partial charge in [0.05, 0.1) is 14.2 Å². The van der Waals surface area contributed by atoms with Crippen LogP contribution < -0.4 is 4.74 Å². The highest BCUT2D eigenvalue weighted by Crippen LogP contribution is 2.28. The summed E-state index contributed by atoms with van der Waals surface area (Å²) < 4.78 is 9.39. The van der Waals surface area contributed by atoms with Gasteiger partial charge in [0.2, 0.25) is 0 Å². The predicted octanol–water partition coefficient (Wildman–Crippen LogP) is 1.41. The summed E-state index contributed by atoms with van der Waals surface area (Å²) in [4.78, 5) is 11.8. The van der Waals surface area contributed by atoms with Crippen LogP contribution in [-0.2, 0) is 4.74 Å². The van der Waals surface area contributed by atoms with Gasteiger partial charge in [-0.05, 0) is 0 Å². The van der Waals surface area contributed by atoms with Crippen molar-refractivity contribution in [3.8, 4) is 11.8 Å². The molecule has 0 fully saturated rings. The highest BCUT2D eigenvalue weighted by Gasteiger charge is 2.14. The number of esters is 1. The third kappa shape index (κ3) is 1.79. The van der Waals surface area contributed by atoms with E-state index in [2.05, 4.69) is 4.74 Å². The maximum Gasteiger partial charge on any atom is 0.348 e. The van der Waals surface area contributed by atoms with E-state index in [1.54, 1.807) is 0 Å². The second-order valence-corrected chi connectivity index (χ2v) is 3.16. The molecule has 0 unspecified atom stereocenters. The Labute approximate surface area is 79.3 Å². The fraction of sp³-hybridized carbons (Fsp3) is 0.250. The number of rotatable bonds is 2. The minimum Gasteiger partial charge on any atom is -0.494 e. The lowest BCUT2D eigenvalue weighted by Gasteiger charge is -1.92. The average Bonchev–Trinajstić information content (AvgIpc) is 2.59. The van der Waals surface area contributed by atoms with E-state index < -0.39 is 5.97 Å². The fourth-order valence-electron chi connectivity index (χ4n) is 0.805. The van der Waals surface area contributed by atoms with Gasteiger partial charge in [-0.1, -0.05) is 0 Å². The van der Waals surface area contributed by atoms with Crippen molar-refractivity contribution >= 4 is 17.3 Å². The van der Waals surface area contributed by atoms with Crippen molar-refractivity contribution < 1.29 is 14.3 Å². The van der Waals surface area contributed by atoms with Gasteiger partial charge in [0.1, 0.15) is 21.6 Å². The molecule has 0 atom stereocenters. The molecule has 0 spiro atoms. The third-order valence-corrected chi connectivity index (χ3v) is 2.41. The summed E-state index contributed by atoms with van der Waals surface area (Å²) in [5, 5.41) is 8.65. The molecule has 0 aliphatic carbocycles. The Morgan fingerprint density at radius 2 is 2.31 bits per heavy atom. The number of carbonyl (C=O) groups is 1. The van der Waals surface area contributed by atoms with Gasteiger partial charge in [-0.25, -0.2) is 4.79 Å². The molecule has 1 rings (SSSR count). The van der Waals surface area contributed by atoms with E-state index in [9.17, 15) is 4.79 Å². The Kier molecular flexibility index (Phi) is 2.88. The zero-order valence-corrected chi connectivity index (χ0v) is 7.97. The van der Waals surface area contributed by atoms with E-state index in [0.717, 1.165) is 11.3 Å². The summed E-state index contributed by atoms with van der Waals surface area (Å²) in [7, 11) is 2.74. The Balaban J connectivity index is 3.08. The van der Waals surface area contributed by atoms with Crippen molar-refractivity contribution in [2.24, 2.45) is 0 Å². The lowest BCUT2D eigenvalue weighted by Crippen LogP contribution is -1.96. The molecule has 13 heavy (non-hydrogen) atoms. The Hall–Kier alpha value is -1.54. The molecule has 1 aromatic rings. The smallest absolute Gasteiger partial charge is 0.348 e. The van der Waals surface area contributed by atoms with Crippen molar-refractivity contribution in [2.75, 3.05) is 14.2 Å². The van der Waals surface area contributed by atoms with E-state index in [4.69, 9.17) is 10.00 Å². The van der Waals surface area contributed by atoms with Crippen LogP contribution in [-0.4, -0.2) is 20.2 Å². The maximum absolute atomic E-state index is 11.0. The zero-order chi connectivity index (χ0) is 9.84. The highest BCUT2D eigenvalue weighted by molar-refractivity contribution is 7.14. The van der Waals surface area contributed by atoms with Crippen LogP contribution in [0.3, 0.4) is 0 Å². The van der Waals surface area contributed by atoms with Crippen LogP contribution in [0.1, 0.15) is 14.5 Å². The molecule has 0 amide bonds. The highest BCUT2D eigenvalue weighted by atomic mass is 32.1. The molecular weight excluding hydrogens is 190 g/mol. The van der Waals surface area contributed by atoms with E-state index in [0.29, 0.717) is 15.5 Å². The Bertz CT molecular complexity index is 364. The zero-order valence-electron chi connectivity index (χ0n) is 7.16. The lowest BCUT2D eigenvalue weighted by atomic mass is 10.4. The van der Waals surface area contributed by atoms with Crippen LogP contribution in [0.15, 0.2) is 6.07 Å². The molecule has 0 aliphatic heterocycles. The number of hydrogen-bond acceptors (Lipinski definition) is 5. The first-order valence-corrected chi connectivity index (χ1v) is 4.20. The Morgan fingerprint density at radius 1 is 1.62 bits per heavy atom. The molecule has 68 valence electrons. The molecule has 0 radical (unpaired) electrons. The number of nitrogens with zero attached hydrogens (tertiary/aromatic N) is 1. The number of nitriles is 1. The number of carbonyl (C=O) groups excluding carboxylic acids is 1. The Morgan fingerprint density at radius 3 is 2.69 bits per heavy atom. The summed E-state index contributed by atoms with van der Waals surface area (Å²) in [6, 6.07) is 3.43. The van der Waals surface area contributed by atoms with E-state index in [1.807, 2.05) is 6.07 Å². The van der Waals surface area contributed by atoms with Crippen LogP contribution in [0.25, 0.3) is 0 Å². The van der Waals surface area contributed by atoms with Crippen molar-refractivity contribution in [1.29, 1.82) is 5.26 Å². The quantitative estimate of drug-likeness (QED) is 0.672. The van der Waals surface area contributed by atoms with Crippen LogP contribution >= 0.6 is 11.3 Å². The van der Waals surface area contributed by atoms with Crippen molar-refractivity contribution in [2.45, 2.75) is 0 Å². The van der Waals surface area contributed by atoms with Gasteiger partial charge in [-0.15, -0.1) is 11.3 Å². The van der Waals surface area contributed by atoms with Crippen molar-refractivity contribution in [3.05, 3.63) is 15.8 Å². The second kappa shape index (κ2) is 3.92. The first kappa shape index (κ1) is 9.55. The molecule has 5 heteroatoms. The number of methoxy groups -OCH3 is 2. The summed E-state index contributed by atoms with van der Waals surface area (Å²) >= 11 is 1.06. The van der Waals surface area contributed by atoms with Crippen molar-refractivity contribution in [1.82, 2.24) is 0 Å². The van der Waals surface area contributed by atoms with Gasteiger partial charge in [-0.2, -0.15) is 5.26 Å². The molecule has 0 saturated heterocycles. The minimum absolute atomic E-state index is 0.371. The van der Waals surface area contributed by atoms with E-state index in [1.165, 1.54) is 20.3 Å². The van der Waals surface area contributed by atoms with Crippen LogP contribution in [0.2, 0.25) is 0 Å². The molecule has 0 aliphatic rings. The molecule has 4 nitrogen and oxygen atoms in total. The normalized spacial score (nSPS) is 9.00. The van der Waals surface area contributed by atoms with Gasteiger partial charge in [-0.3, -0.25) is 0 Å². The predicted molar refractivity (Wildman–Crippen MR) is 46.9 cm³/mol. The van der Waals surface area contributed by atoms with Crippen LogP contribution in [0, 0.1) is 11.3 Å². The lowest BCUT2D eigenvalue weighted by molar-refractivity contribution is 0.0606. The largest absolute Gasteiger partial charge is 0.494 e. The molecule has 0 N–H and O–H groups in total. The minimum atomic E-state index is -0.454. The third-order valence-electron chi connectivity index (χ3n) is 1.41. The van der Waals surface area contributed by atoms with Crippen LogP contribution in [0.4, 0.5) is 0 Å². The maximum atomic E-state index is 11.0. The summed E-state index contributed by atoms with van der Waals surface area (Å²) in [6.07, 6.45) is 0. The first-order valence-electron chi connectivity index (χ1n) is 3.39. The van der Waals surface area contributed by atoms with Gasteiger partial charge >= 0.3 is 5.97 Å². The number of ether oxygens (including phenoxy) is 2. The fourth-order valence-corrected chi connectivity index (χ4v) is 1.65. The van der Waals surface area contributed by atoms with Crippen LogP contribution in [0.5, 0.6) is 5.75 Å². The molecular formula is C8H7NO3S. The summed E-state index contributed by atoms with van der Waals surface area (Å²) in [6.45, 7) is 0. The summed E-state index contributed by atoms with van der Waals surface area (Å²) in [5.41, 5.74) is 0. The molecule has 1 heterocycles. The molecule has 0 bridgehead atoms. The standard InChI is InChI=1S/C8H7NO3S/c1-11-5-3-6(8(10)12-2)13-7(5)4-9/h3H,1-2H3. The second-order valence-electron chi connectivity index (χ2n) is 2.11. The molecule has 0 aromatic carbocycles. The SMILES string of the molecule is COC(=O)c1cc(OC)c(C#N)s1. The topological polar surface area (TPSA) is 59.3 Å². The molecule has 1 aromatic heterocycles. The van der Waals surface area contributed by atoms with Gasteiger partial charge < -0.3 is 9.47 Å².